The predicted octanol–water partition coefficient (Wildman–Crippen LogP) is 4.06. The van der Waals surface area contributed by atoms with Gasteiger partial charge < -0.3 is 19.3 Å². The van der Waals surface area contributed by atoms with Crippen LogP contribution in [-0.4, -0.2) is 54.5 Å². The van der Waals surface area contributed by atoms with Crippen LogP contribution in [0.15, 0.2) is 36.4 Å². The molecule has 0 N–H and O–H groups in total. The van der Waals surface area contributed by atoms with Crippen LogP contribution >= 0.6 is 0 Å². The number of carbonyl (C=O) groups excluding carboxylic acids is 2. The number of likely N-dealkylation sites (tertiary alicyclic amines) is 1. The van der Waals surface area contributed by atoms with Gasteiger partial charge in [0.05, 0.1) is 13.2 Å². The summed E-state index contributed by atoms with van der Waals surface area (Å²) in [6.07, 6.45) is 2.07. The number of hydrogen-bond acceptors (Lipinski definition) is 4. The molecule has 33 heavy (non-hydrogen) atoms. The van der Waals surface area contributed by atoms with Gasteiger partial charge in [0.15, 0.2) is 11.5 Å². The highest BCUT2D eigenvalue weighted by molar-refractivity contribution is 5.94. The van der Waals surface area contributed by atoms with Gasteiger partial charge in [-0.05, 0) is 80.6 Å². The molecule has 2 aliphatic heterocycles. The molecular formula is C26H31FN2O4. The maximum Gasteiger partial charge on any atom is 0.253 e. The zero-order valence-electron chi connectivity index (χ0n) is 19.3. The molecule has 0 atom stereocenters. The first-order valence-corrected chi connectivity index (χ1v) is 11.7. The van der Waals surface area contributed by atoms with Gasteiger partial charge in [-0.1, -0.05) is 0 Å². The Bertz CT molecular complexity index is 1000. The van der Waals surface area contributed by atoms with Crippen LogP contribution in [0.4, 0.5) is 4.39 Å². The van der Waals surface area contributed by atoms with Gasteiger partial charge in [-0.25, -0.2) is 4.39 Å². The summed E-state index contributed by atoms with van der Waals surface area (Å²) in [5.41, 5.74) is 2.78. The van der Waals surface area contributed by atoms with Gasteiger partial charge in [-0.2, -0.15) is 0 Å². The Morgan fingerprint density at radius 3 is 2.12 bits per heavy atom. The Kier molecular flexibility index (Phi) is 7.16. The lowest BCUT2D eigenvalue weighted by atomic mass is 9.92. The van der Waals surface area contributed by atoms with E-state index in [2.05, 4.69) is 0 Å². The van der Waals surface area contributed by atoms with Gasteiger partial charge >= 0.3 is 0 Å². The van der Waals surface area contributed by atoms with E-state index in [0.29, 0.717) is 57.8 Å². The number of fused-ring (bicyclic) bond motifs is 1. The van der Waals surface area contributed by atoms with E-state index in [1.54, 1.807) is 4.90 Å². The van der Waals surface area contributed by atoms with E-state index < -0.39 is 0 Å². The summed E-state index contributed by atoms with van der Waals surface area (Å²) in [4.78, 5) is 29.6. The Morgan fingerprint density at radius 1 is 0.909 bits per heavy atom. The molecule has 2 amide bonds. The smallest absolute Gasteiger partial charge is 0.253 e. The Morgan fingerprint density at radius 2 is 1.52 bits per heavy atom. The molecule has 2 aromatic carbocycles. The maximum atomic E-state index is 13.3. The summed E-state index contributed by atoms with van der Waals surface area (Å²) < 4.78 is 24.6. The molecule has 7 heteroatoms. The molecule has 2 aromatic rings. The minimum Gasteiger partial charge on any atom is -0.490 e. The average Bonchev–Trinajstić information content (AvgIpc) is 2.84. The predicted molar refractivity (Wildman–Crippen MR) is 123 cm³/mol. The number of ether oxygens (including phenoxy) is 2. The van der Waals surface area contributed by atoms with Crippen LogP contribution in [0.3, 0.4) is 0 Å². The summed E-state index contributed by atoms with van der Waals surface area (Å²) in [5.74, 6) is 1.08. The second-order valence-electron chi connectivity index (χ2n) is 8.52. The molecule has 0 radical (unpaired) electrons. The van der Waals surface area contributed by atoms with Crippen molar-refractivity contribution in [3.05, 3.63) is 58.9 Å². The molecule has 2 heterocycles. The Balaban J connectivity index is 1.37. The molecule has 0 bridgehead atoms. The number of rotatable bonds is 6. The number of benzene rings is 2. The fraction of sp³-hybridized carbons (Fsp3) is 0.462. The second kappa shape index (κ2) is 10.2. The normalized spacial score (nSPS) is 16.3. The average molecular weight is 455 g/mol. The Hall–Kier alpha value is -3.09. The van der Waals surface area contributed by atoms with Crippen molar-refractivity contribution >= 4 is 11.8 Å². The van der Waals surface area contributed by atoms with E-state index in [4.69, 9.17) is 9.47 Å². The summed E-state index contributed by atoms with van der Waals surface area (Å²) >= 11 is 0. The van der Waals surface area contributed by atoms with Gasteiger partial charge in [-0.3, -0.25) is 9.59 Å². The molecule has 2 aliphatic rings. The van der Waals surface area contributed by atoms with Gasteiger partial charge in [0.1, 0.15) is 5.82 Å². The van der Waals surface area contributed by atoms with Gasteiger partial charge in [0, 0.05) is 37.7 Å². The summed E-state index contributed by atoms with van der Waals surface area (Å²) in [7, 11) is 0. The molecular weight excluding hydrogens is 423 g/mol. The molecule has 176 valence electrons. The van der Waals surface area contributed by atoms with Crippen LogP contribution < -0.4 is 9.47 Å². The van der Waals surface area contributed by atoms with Crippen molar-refractivity contribution in [1.29, 1.82) is 0 Å². The zero-order chi connectivity index (χ0) is 23.4. The van der Waals surface area contributed by atoms with E-state index in [-0.39, 0.29) is 23.5 Å². The van der Waals surface area contributed by atoms with Crippen LogP contribution in [0.2, 0.25) is 0 Å². The van der Waals surface area contributed by atoms with Crippen LogP contribution in [-0.2, 0) is 17.8 Å². The second-order valence-corrected chi connectivity index (χ2v) is 8.52. The number of carbonyl (C=O) groups is 2. The summed E-state index contributed by atoms with van der Waals surface area (Å²) in [6, 6.07) is 9.66. The molecule has 0 spiro atoms. The quantitative estimate of drug-likeness (QED) is 0.661. The molecule has 1 saturated heterocycles. The number of hydrogen-bond donors (Lipinski definition) is 0. The highest BCUT2D eigenvalue weighted by atomic mass is 19.1. The van der Waals surface area contributed by atoms with E-state index in [1.165, 1.54) is 29.8 Å². The largest absolute Gasteiger partial charge is 0.490 e. The lowest BCUT2D eigenvalue weighted by Gasteiger charge is -2.36. The number of piperidine rings is 1. The monoisotopic (exact) mass is 454 g/mol. The summed E-state index contributed by atoms with van der Waals surface area (Å²) in [6.45, 7) is 7.33. The van der Waals surface area contributed by atoms with E-state index in [1.807, 2.05) is 30.9 Å². The zero-order valence-corrected chi connectivity index (χ0v) is 19.3. The molecule has 0 aromatic heterocycles. The van der Waals surface area contributed by atoms with Crippen molar-refractivity contribution in [1.82, 2.24) is 9.80 Å². The third kappa shape index (κ3) is 5.13. The highest BCUT2D eigenvalue weighted by Gasteiger charge is 2.32. The van der Waals surface area contributed by atoms with E-state index in [9.17, 15) is 14.0 Å². The minimum atomic E-state index is -0.360. The molecule has 0 saturated carbocycles. The summed E-state index contributed by atoms with van der Waals surface area (Å²) in [5, 5.41) is 0. The maximum absolute atomic E-state index is 13.3. The number of halogens is 1. The van der Waals surface area contributed by atoms with Gasteiger partial charge in [0.25, 0.3) is 5.91 Å². The lowest BCUT2D eigenvalue weighted by molar-refractivity contribution is -0.137. The van der Waals surface area contributed by atoms with Crippen molar-refractivity contribution in [2.24, 2.45) is 5.92 Å². The van der Waals surface area contributed by atoms with Crippen molar-refractivity contribution in [2.45, 2.75) is 39.7 Å². The SMILES string of the molecule is CCOc1cc2c(cc1OCC)CN(C(=O)C1CCN(C(=O)c3ccc(F)cc3)CC1)CC2. The molecule has 0 aliphatic carbocycles. The first-order valence-electron chi connectivity index (χ1n) is 11.7. The highest BCUT2D eigenvalue weighted by Crippen LogP contribution is 2.34. The fourth-order valence-electron chi connectivity index (χ4n) is 4.65. The van der Waals surface area contributed by atoms with E-state index >= 15 is 0 Å². The fourth-order valence-corrected chi connectivity index (χ4v) is 4.65. The first-order chi connectivity index (χ1) is 16.0. The van der Waals surface area contributed by atoms with Crippen molar-refractivity contribution in [2.75, 3.05) is 32.8 Å². The lowest BCUT2D eigenvalue weighted by Crippen LogP contribution is -2.45. The van der Waals surface area contributed by atoms with Crippen molar-refractivity contribution < 1.29 is 23.5 Å². The van der Waals surface area contributed by atoms with Gasteiger partial charge in [0.2, 0.25) is 5.91 Å². The van der Waals surface area contributed by atoms with E-state index in [0.717, 1.165) is 23.5 Å². The van der Waals surface area contributed by atoms with Crippen molar-refractivity contribution in [3.8, 4) is 11.5 Å². The van der Waals surface area contributed by atoms with Crippen LogP contribution in [0.25, 0.3) is 0 Å². The first kappa shape index (κ1) is 23.1. The third-order valence-electron chi connectivity index (χ3n) is 6.41. The van der Waals surface area contributed by atoms with Crippen molar-refractivity contribution in [3.63, 3.8) is 0 Å². The molecule has 4 rings (SSSR count). The molecule has 1 fully saturated rings. The molecule has 6 nitrogen and oxygen atoms in total. The number of amides is 2. The Labute approximate surface area is 194 Å². The van der Waals surface area contributed by atoms with Gasteiger partial charge in [-0.15, -0.1) is 0 Å². The van der Waals surface area contributed by atoms with Crippen LogP contribution in [0.1, 0.15) is 48.2 Å². The minimum absolute atomic E-state index is 0.0853. The third-order valence-corrected chi connectivity index (χ3v) is 6.41. The topological polar surface area (TPSA) is 59.1 Å². The molecule has 0 unspecified atom stereocenters. The van der Waals surface area contributed by atoms with Crippen LogP contribution in [0, 0.1) is 11.7 Å². The standard InChI is InChI=1S/C26H31FN2O4/c1-3-32-23-15-20-11-14-29(17-21(20)16-24(23)33-4-2)26(31)19-9-12-28(13-10-19)25(30)18-5-7-22(27)8-6-18/h5-8,15-16,19H,3-4,9-14,17H2,1-2H3. The number of nitrogens with zero attached hydrogens (tertiary/aromatic N) is 2. The van der Waals surface area contributed by atoms with Crippen LogP contribution in [0.5, 0.6) is 11.5 Å².